The number of rotatable bonds is 3. The molecule has 0 aromatic heterocycles. The molecule has 1 aromatic rings. The summed E-state index contributed by atoms with van der Waals surface area (Å²) >= 11 is 0. The first-order valence-electron chi connectivity index (χ1n) is 4.43. The minimum atomic E-state index is -0.950. The number of benzene rings is 1. The molecule has 14 heavy (non-hydrogen) atoms. The number of carboxylic acid groups (broad SMARTS) is 1. The van der Waals surface area contributed by atoms with Crippen LogP contribution in [0.15, 0.2) is 18.2 Å². The van der Waals surface area contributed by atoms with E-state index in [0.29, 0.717) is 5.75 Å². The van der Waals surface area contributed by atoms with Crippen LogP contribution in [0.3, 0.4) is 0 Å². The van der Waals surface area contributed by atoms with E-state index < -0.39 is 5.97 Å². The van der Waals surface area contributed by atoms with E-state index in [0.717, 1.165) is 18.7 Å². The highest BCUT2D eigenvalue weighted by Crippen LogP contribution is 2.25. The molecule has 0 saturated heterocycles. The van der Waals surface area contributed by atoms with E-state index in [4.69, 9.17) is 9.84 Å². The fraction of sp³-hybridized carbons (Fsp3) is 0.300. The van der Waals surface area contributed by atoms with Crippen molar-refractivity contribution < 1.29 is 14.6 Å². The maximum Gasteiger partial charge on any atom is 0.341 e. The van der Waals surface area contributed by atoms with Crippen LogP contribution in [0.25, 0.3) is 0 Å². The summed E-state index contributed by atoms with van der Waals surface area (Å²) in [4.78, 5) is 10.3. The van der Waals surface area contributed by atoms with Gasteiger partial charge in [0.25, 0.3) is 0 Å². The van der Waals surface area contributed by atoms with Gasteiger partial charge in [0.2, 0.25) is 0 Å². The summed E-state index contributed by atoms with van der Waals surface area (Å²) < 4.78 is 5.17. The lowest BCUT2D eigenvalue weighted by molar-refractivity contribution is -0.139. The second kappa shape index (κ2) is 3.67. The van der Waals surface area contributed by atoms with Crippen LogP contribution in [0.5, 0.6) is 5.75 Å². The molecule has 74 valence electrons. The Morgan fingerprint density at radius 1 is 1.50 bits per heavy atom. The molecular formula is C10H11NO3. The van der Waals surface area contributed by atoms with Gasteiger partial charge in [-0.3, -0.25) is 0 Å². The second-order valence-electron chi connectivity index (χ2n) is 3.18. The lowest BCUT2D eigenvalue weighted by atomic mass is 10.1. The van der Waals surface area contributed by atoms with Crippen LogP contribution in [0.1, 0.15) is 11.1 Å². The number of hydrogen-bond acceptors (Lipinski definition) is 3. The van der Waals surface area contributed by atoms with E-state index in [1.807, 2.05) is 12.1 Å². The van der Waals surface area contributed by atoms with Crippen LogP contribution >= 0.6 is 0 Å². The SMILES string of the molecule is O=C(O)COc1cccc2c1CNC2. The van der Waals surface area contributed by atoms with E-state index in [2.05, 4.69) is 5.32 Å². The van der Waals surface area contributed by atoms with Gasteiger partial charge in [0.1, 0.15) is 5.75 Å². The number of ether oxygens (including phenoxy) is 1. The molecule has 2 rings (SSSR count). The maximum absolute atomic E-state index is 10.3. The van der Waals surface area contributed by atoms with E-state index in [-0.39, 0.29) is 6.61 Å². The fourth-order valence-electron chi connectivity index (χ4n) is 1.57. The number of nitrogens with one attached hydrogen (secondary N) is 1. The molecule has 0 radical (unpaired) electrons. The summed E-state index contributed by atoms with van der Waals surface area (Å²) in [7, 11) is 0. The normalized spacial score (nSPS) is 13.7. The maximum atomic E-state index is 10.3. The van der Waals surface area contributed by atoms with Crippen molar-refractivity contribution >= 4 is 5.97 Å². The molecule has 0 bridgehead atoms. The van der Waals surface area contributed by atoms with Gasteiger partial charge >= 0.3 is 5.97 Å². The molecule has 0 saturated carbocycles. The van der Waals surface area contributed by atoms with Gasteiger partial charge in [0.15, 0.2) is 6.61 Å². The smallest absolute Gasteiger partial charge is 0.341 e. The third-order valence-electron chi connectivity index (χ3n) is 2.20. The summed E-state index contributed by atoms with van der Waals surface area (Å²) in [5, 5.41) is 11.7. The van der Waals surface area contributed by atoms with E-state index in [1.54, 1.807) is 6.07 Å². The van der Waals surface area contributed by atoms with Gasteiger partial charge in [-0.1, -0.05) is 12.1 Å². The van der Waals surface area contributed by atoms with Gasteiger partial charge in [-0.15, -0.1) is 0 Å². The Labute approximate surface area is 81.5 Å². The average Bonchev–Trinajstić information content (AvgIpc) is 2.62. The summed E-state index contributed by atoms with van der Waals surface area (Å²) in [5.41, 5.74) is 2.27. The molecular weight excluding hydrogens is 182 g/mol. The zero-order chi connectivity index (χ0) is 9.97. The van der Waals surface area contributed by atoms with Gasteiger partial charge in [-0.25, -0.2) is 4.79 Å². The average molecular weight is 193 g/mol. The highest BCUT2D eigenvalue weighted by molar-refractivity contribution is 5.68. The summed E-state index contributed by atoms with van der Waals surface area (Å²) in [6, 6.07) is 5.70. The third-order valence-corrected chi connectivity index (χ3v) is 2.20. The minimum absolute atomic E-state index is 0.281. The van der Waals surface area contributed by atoms with E-state index >= 15 is 0 Å². The molecule has 0 aliphatic carbocycles. The molecule has 1 aromatic carbocycles. The van der Waals surface area contributed by atoms with Gasteiger partial charge in [0, 0.05) is 18.7 Å². The van der Waals surface area contributed by atoms with Crippen molar-refractivity contribution in [2.75, 3.05) is 6.61 Å². The Morgan fingerprint density at radius 2 is 2.36 bits per heavy atom. The summed E-state index contributed by atoms with van der Waals surface area (Å²) in [5.74, 6) is -0.275. The molecule has 0 atom stereocenters. The Bertz CT molecular complexity index is 362. The predicted molar refractivity (Wildman–Crippen MR) is 50.1 cm³/mol. The monoisotopic (exact) mass is 193 g/mol. The van der Waals surface area contributed by atoms with Crippen molar-refractivity contribution in [3.05, 3.63) is 29.3 Å². The second-order valence-corrected chi connectivity index (χ2v) is 3.18. The van der Waals surface area contributed by atoms with Crippen molar-refractivity contribution in [1.29, 1.82) is 0 Å². The molecule has 0 fully saturated rings. The van der Waals surface area contributed by atoms with Crippen molar-refractivity contribution in [2.45, 2.75) is 13.1 Å². The highest BCUT2D eigenvalue weighted by atomic mass is 16.5. The quantitative estimate of drug-likeness (QED) is 0.743. The minimum Gasteiger partial charge on any atom is -0.482 e. The molecule has 4 heteroatoms. The van der Waals surface area contributed by atoms with Gasteiger partial charge in [-0.2, -0.15) is 0 Å². The number of hydrogen-bond donors (Lipinski definition) is 2. The van der Waals surface area contributed by atoms with Crippen LogP contribution in [0.2, 0.25) is 0 Å². The molecule has 0 spiro atoms. The Hall–Kier alpha value is -1.55. The van der Waals surface area contributed by atoms with Crippen molar-refractivity contribution in [1.82, 2.24) is 5.32 Å². The zero-order valence-corrected chi connectivity index (χ0v) is 7.62. The van der Waals surface area contributed by atoms with Crippen molar-refractivity contribution in [2.24, 2.45) is 0 Å². The Morgan fingerprint density at radius 3 is 3.14 bits per heavy atom. The lowest BCUT2D eigenvalue weighted by Gasteiger charge is -2.07. The van der Waals surface area contributed by atoms with Crippen LogP contribution < -0.4 is 10.1 Å². The summed E-state index contributed by atoms with van der Waals surface area (Å²) in [6.07, 6.45) is 0. The van der Waals surface area contributed by atoms with E-state index in [1.165, 1.54) is 5.56 Å². The number of carboxylic acids is 1. The summed E-state index contributed by atoms with van der Waals surface area (Å²) in [6.45, 7) is 1.31. The zero-order valence-electron chi connectivity index (χ0n) is 7.62. The topological polar surface area (TPSA) is 58.6 Å². The molecule has 1 aliphatic rings. The molecule has 1 aliphatic heterocycles. The Balaban J connectivity index is 2.17. The molecule has 0 unspecified atom stereocenters. The lowest BCUT2D eigenvalue weighted by Crippen LogP contribution is -2.10. The first-order valence-corrected chi connectivity index (χ1v) is 4.43. The predicted octanol–water partition coefficient (Wildman–Crippen LogP) is 0.753. The first-order chi connectivity index (χ1) is 6.77. The van der Waals surface area contributed by atoms with Crippen LogP contribution in [0, 0.1) is 0 Å². The number of carbonyl (C=O) groups is 1. The van der Waals surface area contributed by atoms with Gasteiger partial charge in [0.05, 0.1) is 0 Å². The van der Waals surface area contributed by atoms with E-state index in [9.17, 15) is 4.79 Å². The van der Waals surface area contributed by atoms with Crippen LogP contribution in [0.4, 0.5) is 0 Å². The third kappa shape index (κ3) is 1.70. The molecule has 1 heterocycles. The molecule has 2 N–H and O–H groups in total. The van der Waals surface area contributed by atoms with Gasteiger partial charge < -0.3 is 15.2 Å². The van der Waals surface area contributed by atoms with Crippen molar-refractivity contribution in [3.63, 3.8) is 0 Å². The molecule has 4 nitrogen and oxygen atoms in total. The number of aliphatic carboxylic acids is 1. The molecule has 0 amide bonds. The van der Waals surface area contributed by atoms with Crippen LogP contribution in [-0.2, 0) is 17.9 Å². The number of fused-ring (bicyclic) bond motifs is 1. The highest BCUT2D eigenvalue weighted by Gasteiger charge is 2.14. The van der Waals surface area contributed by atoms with Gasteiger partial charge in [-0.05, 0) is 11.6 Å². The standard InChI is InChI=1S/C10H11NO3/c12-10(13)6-14-9-3-1-2-7-4-11-5-8(7)9/h1-3,11H,4-6H2,(H,12,13). The van der Waals surface area contributed by atoms with Crippen molar-refractivity contribution in [3.8, 4) is 5.75 Å². The fourth-order valence-corrected chi connectivity index (χ4v) is 1.57. The Kier molecular flexibility index (Phi) is 2.37. The largest absolute Gasteiger partial charge is 0.482 e. The first kappa shape index (κ1) is 9.02. The van der Waals surface area contributed by atoms with Crippen LogP contribution in [-0.4, -0.2) is 17.7 Å².